The molecule has 0 aromatic rings. The van der Waals surface area contributed by atoms with E-state index in [-0.39, 0.29) is 19.7 Å². The Bertz CT molecular complexity index is 93.6. The number of hydrogen-bond donors (Lipinski definition) is 1. The third-order valence-corrected chi connectivity index (χ3v) is 6.93. The standard InChI is InChI=1S/C8H25N3Si2/c1-5-10(6-2)12-9-13-11(7-3)8-4/h9H,5-8,12-13H2,1-4H3. The maximum atomic E-state index is 3.72. The van der Waals surface area contributed by atoms with Crippen LogP contribution in [-0.2, 0) is 0 Å². The first kappa shape index (κ1) is 13.3. The Morgan fingerprint density at radius 3 is 1.31 bits per heavy atom. The lowest BCUT2D eigenvalue weighted by Crippen LogP contribution is -2.46. The number of hydrogen-bond acceptors (Lipinski definition) is 3. The monoisotopic (exact) mass is 219 g/mol. The predicted molar refractivity (Wildman–Crippen MR) is 66.1 cm³/mol. The van der Waals surface area contributed by atoms with E-state index in [9.17, 15) is 0 Å². The maximum Gasteiger partial charge on any atom is 0.164 e. The Hall–Kier alpha value is 0.314. The average molecular weight is 219 g/mol. The number of rotatable bonds is 8. The lowest BCUT2D eigenvalue weighted by atomic mass is 10.7. The molecule has 0 aliphatic carbocycles. The van der Waals surface area contributed by atoms with E-state index in [0.717, 1.165) is 0 Å². The minimum atomic E-state index is -0.133. The van der Waals surface area contributed by atoms with Crippen molar-refractivity contribution in [3.05, 3.63) is 0 Å². The van der Waals surface area contributed by atoms with Crippen LogP contribution in [0.25, 0.3) is 0 Å². The maximum absolute atomic E-state index is 3.72. The molecule has 0 radical (unpaired) electrons. The molecule has 0 aromatic carbocycles. The zero-order valence-electron chi connectivity index (χ0n) is 9.64. The van der Waals surface area contributed by atoms with Crippen LogP contribution in [0.2, 0.25) is 0 Å². The zero-order valence-corrected chi connectivity index (χ0v) is 12.5. The summed E-state index contributed by atoms with van der Waals surface area (Å²) in [5, 5.41) is 0. The van der Waals surface area contributed by atoms with E-state index in [1.807, 2.05) is 0 Å². The molecular formula is C8H25N3Si2. The van der Waals surface area contributed by atoms with Crippen molar-refractivity contribution in [1.29, 1.82) is 0 Å². The van der Waals surface area contributed by atoms with Gasteiger partial charge in [-0.1, -0.05) is 27.7 Å². The molecule has 0 aliphatic rings. The molecule has 0 unspecified atom stereocenters. The molecule has 1 N–H and O–H groups in total. The van der Waals surface area contributed by atoms with E-state index in [2.05, 4.69) is 41.5 Å². The summed E-state index contributed by atoms with van der Waals surface area (Å²) in [5.74, 6) is 0. The smallest absolute Gasteiger partial charge is 0.164 e. The Balaban J connectivity index is 3.41. The molecule has 0 saturated carbocycles. The number of nitrogens with one attached hydrogen (secondary N) is 1. The highest BCUT2D eigenvalue weighted by molar-refractivity contribution is 6.47. The van der Waals surface area contributed by atoms with Gasteiger partial charge in [-0.25, -0.2) is 0 Å². The Labute approximate surface area is 87.8 Å². The van der Waals surface area contributed by atoms with Crippen LogP contribution in [0, 0.1) is 0 Å². The van der Waals surface area contributed by atoms with Gasteiger partial charge in [0.2, 0.25) is 0 Å². The summed E-state index contributed by atoms with van der Waals surface area (Å²) in [4.78, 5) is 0. The Morgan fingerprint density at radius 2 is 1.08 bits per heavy atom. The highest BCUT2D eigenvalue weighted by Crippen LogP contribution is 1.82. The van der Waals surface area contributed by atoms with Crippen LogP contribution in [0.3, 0.4) is 0 Å². The van der Waals surface area contributed by atoms with Gasteiger partial charge in [-0.3, -0.25) is 0 Å². The van der Waals surface area contributed by atoms with Crippen LogP contribution in [0.1, 0.15) is 27.7 Å². The number of nitrogens with zero attached hydrogens (tertiary/aromatic N) is 2. The average Bonchev–Trinajstić information content (AvgIpc) is 2.19. The predicted octanol–water partition coefficient (Wildman–Crippen LogP) is -0.743. The first-order chi connectivity index (χ1) is 6.28. The molecule has 0 spiro atoms. The van der Waals surface area contributed by atoms with Gasteiger partial charge in [0.25, 0.3) is 0 Å². The van der Waals surface area contributed by atoms with Gasteiger partial charge in [-0.15, -0.1) is 0 Å². The molecule has 80 valence electrons. The molecule has 13 heavy (non-hydrogen) atoms. The topological polar surface area (TPSA) is 18.5 Å². The summed E-state index contributed by atoms with van der Waals surface area (Å²) in [6.07, 6.45) is 0. The summed E-state index contributed by atoms with van der Waals surface area (Å²) in [6.45, 7) is 13.8. The second kappa shape index (κ2) is 8.89. The van der Waals surface area contributed by atoms with Crippen molar-refractivity contribution in [3.63, 3.8) is 0 Å². The molecule has 0 heterocycles. The summed E-state index contributed by atoms with van der Waals surface area (Å²) in [6, 6.07) is 0. The molecule has 0 fully saturated rings. The lowest BCUT2D eigenvalue weighted by Gasteiger charge is -2.22. The normalized spacial score (nSPS) is 13.4. The first-order valence-electron chi connectivity index (χ1n) is 5.43. The third-order valence-electron chi connectivity index (χ3n) is 2.46. The molecule has 5 heteroatoms. The van der Waals surface area contributed by atoms with E-state index in [0.29, 0.717) is 0 Å². The summed E-state index contributed by atoms with van der Waals surface area (Å²) in [7, 11) is -0.266. The van der Waals surface area contributed by atoms with Crippen molar-refractivity contribution in [2.24, 2.45) is 0 Å². The van der Waals surface area contributed by atoms with Crippen LogP contribution in [-0.4, -0.2) is 55.0 Å². The molecule has 0 rings (SSSR count). The molecule has 0 aliphatic heterocycles. The van der Waals surface area contributed by atoms with Gasteiger partial charge >= 0.3 is 0 Å². The van der Waals surface area contributed by atoms with Gasteiger partial charge in [0.15, 0.2) is 19.7 Å². The van der Waals surface area contributed by atoms with E-state index >= 15 is 0 Å². The molecule has 0 saturated heterocycles. The van der Waals surface area contributed by atoms with E-state index in [1.165, 1.54) is 26.2 Å². The van der Waals surface area contributed by atoms with Crippen LogP contribution in [0.15, 0.2) is 0 Å². The Morgan fingerprint density at radius 1 is 0.769 bits per heavy atom. The first-order valence-corrected chi connectivity index (χ1v) is 8.11. The van der Waals surface area contributed by atoms with E-state index < -0.39 is 0 Å². The van der Waals surface area contributed by atoms with E-state index in [4.69, 9.17) is 0 Å². The van der Waals surface area contributed by atoms with Gasteiger partial charge in [0.1, 0.15) is 0 Å². The Kier molecular flexibility index (Phi) is 9.11. The SMILES string of the molecule is CCN(CC)[SiH2]N[SiH2]N(CC)CC. The summed E-state index contributed by atoms with van der Waals surface area (Å²) >= 11 is 0. The summed E-state index contributed by atoms with van der Waals surface area (Å²) in [5.41, 5.74) is 0. The second-order valence-electron chi connectivity index (χ2n) is 3.17. The fraction of sp³-hybridized carbons (Fsp3) is 1.00. The van der Waals surface area contributed by atoms with Crippen LogP contribution < -0.4 is 4.65 Å². The third kappa shape index (κ3) is 6.39. The van der Waals surface area contributed by atoms with Crippen molar-refractivity contribution in [2.45, 2.75) is 27.7 Å². The molecule has 0 bridgehead atoms. The van der Waals surface area contributed by atoms with Crippen molar-refractivity contribution in [3.8, 4) is 0 Å². The van der Waals surface area contributed by atoms with Gasteiger partial charge in [0.05, 0.1) is 0 Å². The van der Waals surface area contributed by atoms with Crippen molar-refractivity contribution in [1.82, 2.24) is 13.8 Å². The highest BCUT2D eigenvalue weighted by Gasteiger charge is 2.01. The van der Waals surface area contributed by atoms with E-state index in [1.54, 1.807) is 0 Å². The minimum absolute atomic E-state index is 0.133. The second-order valence-corrected chi connectivity index (χ2v) is 7.59. The molecule has 0 atom stereocenters. The lowest BCUT2D eigenvalue weighted by molar-refractivity contribution is 0.476. The fourth-order valence-electron chi connectivity index (χ4n) is 1.26. The largest absolute Gasteiger partial charge is 0.345 e. The van der Waals surface area contributed by atoms with Crippen molar-refractivity contribution < 1.29 is 0 Å². The minimum Gasteiger partial charge on any atom is -0.345 e. The van der Waals surface area contributed by atoms with Gasteiger partial charge in [0, 0.05) is 0 Å². The molecule has 3 nitrogen and oxygen atoms in total. The summed E-state index contributed by atoms with van der Waals surface area (Å²) < 4.78 is 8.82. The van der Waals surface area contributed by atoms with Crippen LogP contribution in [0.4, 0.5) is 0 Å². The molecule has 0 amide bonds. The van der Waals surface area contributed by atoms with Crippen molar-refractivity contribution >= 4 is 19.7 Å². The molecule has 0 aromatic heterocycles. The highest BCUT2D eigenvalue weighted by atomic mass is 28.3. The van der Waals surface area contributed by atoms with Gasteiger partial charge in [-0.05, 0) is 26.2 Å². The van der Waals surface area contributed by atoms with Crippen LogP contribution in [0.5, 0.6) is 0 Å². The van der Waals surface area contributed by atoms with Gasteiger partial charge in [-0.2, -0.15) is 0 Å². The zero-order chi connectivity index (χ0) is 10.1. The quantitative estimate of drug-likeness (QED) is 0.543. The molecular weight excluding hydrogens is 194 g/mol. The van der Waals surface area contributed by atoms with Crippen molar-refractivity contribution in [2.75, 3.05) is 26.2 Å². The van der Waals surface area contributed by atoms with Gasteiger partial charge < -0.3 is 13.8 Å². The van der Waals surface area contributed by atoms with Crippen LogP contribution >= 0.6 is 0 Å². The fourth-order valence-corrected chi connectivity index (χ4v) is 5.08.